The van der Waals surface area contributed by atoms with Crippen molar-refractivity contribution in [2.24, 2.45) is 0 Å². The van der Waals surface area contributed by atoms with Crippen molar-refractivity contribution < 1.29 is 4.52 Å². The SMILES string of the molecule is CN1CCN(Cc2noc(Cc3ccccc3)n2)c2ccccc21. The van der Waals surface area contributed by atoms with Gasteiger partial charge in [0.05, 0.1) is 24.3 Å². The third kappa shape index (κ3) is 2.97. The summed E-state index contributed by atoms with van der Waals surface area (Å²) in [5.74, 6) is 1.40. The maximum Gasteiger partial charge on any atom is 0.231 e. The van der Waals surface area contributed by atoms with E-state index in [2.05, 4.69) is 63.4 Å². The monoisotopic (exact) mass is 320 g/mol. The van der Waals surface area contributed by atoms with Crippen LogP contribution in [0, 0.1) is 0 Å². The topological polar surface area (TPSA) is 45.4 Å². The van der Waals surface area contributed by atoms with E-state index >= 15 is 0 Å². The maximum atomic E-state index is 5.42. The zero-order valence-electron chi connectivity index (χ0n) is 13.7. The molecule has 0 unspecified atom stereocenters. The predicted octanol–water partition coefficient (Wildman–Crippen LogP) is 3.12. The molecule has 2 aromatic carbocycles. The quantitative estimate of drug-likeness (QED) is 0.739. The number of anilines is 2. The Morgan fingerprint density at radius 1 is 0.958 bits per heavy atom. The second kappa shape index (κ2) is 6.35. The average molecular weight is 320 g/mol. The Kier molecular flexibility index (Phi) is 3.91. The van der Waals surface area contributed by atoms with Crippen LogP contribution in [0.1, 0.15) is 17.3 Å². The molecule has 0 saturated carbocycles. The fraction of sp³-hybridized carbons (Fsp3) is 0.263. The summed E-state index contributed by atoms with van der Waals surface area (Å²) >= 11 is 0. The summed E-state index contributed by atoms with van der Waals surface area (Å²) in [6.45, 7) is 2.62. The predicted molar refractivity (Wildman–Crippen MR) is 94.3 cm³/mol. The smallest absolute Gasteiger partial charge is 0.231 e. The van der Waals surface area contributed by atoms with E-state index in [1.807, 2.05) is 18.2 Å². The van der Waals surface area contributed by atoms with Gasteiger partial charge in [-0.25, -0.2) is 0 Å². The van der Waals surface area contributed by atoms with E-state index in [1.165, 1.54) is 16.9 Å². The van der Waals surface area contributed by atoms with Gasteiger partial charge in [0, 0.05) is 20.1 Å². The minimum absolute atomic E-state index is 0.665. The lowest BCUT2D eigenvalue weighted by Gasteiger charge is -2.36. The highest BCUT2D eigenvalue weighted by molar-refractivity contribution is 5.72. The van der Waals surface area contributed by atoms with Crippen molar-refractivity contribution in [3.8, 4) is 0 Å². The van der Waals surface area contributed by atoms with Gasteiger partial charge in [0.25, 0.3) is 0 Å². The summed E-state index contributed by atoms with van der Waals surface area (Å²) in [6.07, 6.45) is 0.674. The van der Waals surface area contributed by atoms with Gasteiger partial charge in [0.15, 0.2) is 5.82 Å². The Morgan fingerprint density at radius 3 is 2.54 bits per heavy atom. The molecular weight excluding hydrogens is 300 g/mol. The second-order valence-corrected chi connectivity index (χ2v) is 6.10. The number of likely N-dealkylation sites (N-methyl/N-ethyl adjacent to an activating group) is 1. The first-order valence-electron chi connectivity index (χ1n) is 8.20. The van der Waals surface area contributed by atoms with E-state index in [1.54, 1.807) is 0 Å². The number of para-hydroxylation sites is 2. The molecule has 1 aliphatic heterocycles. The Balaban J connectivity index is 1.50. The molecule has 0 aliphatic carbocycles. The third-order valence-corrected chi connectivity index (χ3v) is 4.38. The summed E-state index contributed by atoms with van der Waals surface area (Å²) in [6, 6.07) is 18.6. The molecule has 4 rings (SSSR count). The largest absolute Gasteiger partial charge is 0.371 e. The summed E-state index contributed by atoms with van der Waals surface area (Å²) < 4.78 is 5.42. The minimum Gasteiger partial charge on any atom is -0.371 e. The number of hydrogen-bond acceptors (Lipinski definition) is 5. The molecule has 0 fully saturated rings. The minimum atomic E-state index is 0.665. The molecule has 3 aromatic rings. The number of benzene rings is 2. The van der Waals surface area contributed by atoms with E-state index in [9.17, 15) is 0 Å². The lowest BCUT2D eigenvalue weighted by Crippen LogP contribution is -2.38. The van der Waals surface area contributed by atoms with Gasteiger partial charge < -0.3 is 14.3 Å². The van der Waals surface area contributed by atoms with E-state index in [-0.39, 0.29) is 0 Å². The highest BCUT2D eigenvalue weighted by Gasteiger charge is 2.21. The van der Waals surface area contributed by atoms with Crippen molar-refractivity contribution in [3.05, 3.63) is 71.9 Å². The molecule has 1 aromatic heterocycles. The number of nitrogens with zero attached hydrogens (tertiary/aromatic N) is 4. The molecule has 0 atom stereocenters. The molecule has 1 aliphatic rings. The zero-order chi connectivity index (χ0) is 16.4. The van der Waals surface area contributed by atoms with Gasteiger partial charge in [-0.2, -0.15) is 4.98 Å². The molecule has 2 heterocycles. The number of aromatic nitrogens is 2. The molecule has 122 valence electrons. The molecule has 0 radical (unpaired) electrons. The van der Waals surface area contributed by atoms with Gasteiger partial charge >= 0.3 is 0 Å². The van der Waals surface area contributed by atoms with E-state index in [0.717, 1.165) is 18.9 Å². The summed E-state index contributed by atoms with van der Waals surface area (Å²) in [5, 5.41) is 4.16. The molecule has 0 saturated heterocycles. The van der Waals surface area contributed by atoms with Crippen LogP contribution in [-0.2, 0) is 13.0 Å². The number of hydrogen-bond donors (Lipinski definition) is 0. The molecule has 0 spiro atoms. The first-order chi connectivity index (χ1) is 11.8. The van der Waals surface area contributed by atoms with Crippen molar-refractivity contribution in [3.63, 3.8) is 0 Å². The van der Waals surface area contributed by atoms with Crippen LogP contribution >= 0.6 is 0 Å². The summed E-state index contributed by atoms with van der Waals surface area (Å²) in [4.78, 5) is 9.15. The molecule has 0 N–H and O–H groups in total. The van der Waals surface area contributed by atoms with Crippen LogP contribution in [0.4, 0.5) is 11.4 Å². The highest BCUT2D eigenvalue weighted by atomic mass is 16.5. The molecule has 0 amide bonds. The van der Waals surface area contributed by atoms with E-state index in [0.29, 0.717) is 18.9 Å². The number of fused-ring (bicyclic) bond motifs is 1. The Labute approximate surface area is 141 Å². The summed E-state index contributed by atoms with van der Waals surface area (Å²) in [7, 11) is 2.13. The van der Waals surface area contributed by atoms with Crippen molar-refractivity contribution in [2.75, 3.05) is 29.9 Å². The fourth-order valence-corrected chi connectivity index (χ4v) is 3.10. The van der Waals surface area contributed by atoms with Crippen LogP contribution < -0.4 is 9.80 Å². The van der Waals surface area contributed by atoms with Crippen LogP contribution in [0.3, 0.4) is 0 Å². The lowest BCUT2D eigenvalue weighted by molar-refractivity contribution is 0.379. The number of rotatable bonds is 4. The van der Waals surface area contributed by atoms with Gasteiger partial charge in [-0.1, -0.05) is 47.6 Å². The Hall–Kier alpha value is -2.82. The van der Waals surface area contributed by atoms with Crippen LogP contribution in [0.2, 0.25) is 0 Å². The molecule has 0 bridgehead atoms. The molecular formula is C19H20N4O. The van der Waals surface area contributed by atoms with E-state index in [4.69, 9.17) is 4.52 Å². The van der Waals surface area contributed by atoms with Crippen molar-refractivity contribution >= 4 is 11.4 Å². The average Bonchev–Trinajstić information content (AvgIpc) is 3.05. The third-order valence-electron chi connectivity index (χ3n) is 4.38. The van der Waals surface area contributed by atoms with Crippen molar-refractivity contribution in [2.45, 2.75) is 13.0 Å². The highest BCUT2D eigenvalue weighted by Crippen LogP contribution is 2.32. The fourth-order valence-electron chi connectivity index (χ4n) is 3.10. The first-order valence-corrected chi connectivity index (χ1v) is 8.20. The lowest BCUT2D eigenvalue weighted by atomic mass is 10.1. The standard InChI is InChI=1S/C19H20N4O/c1-22-11-12-23(17-10-6-5-9-16(17)22)14-18-20-19(24-21-18)13-15-7-3-2-4-8-15/h2-10H,11-14H2,1H3. The van der Waals surface area contributed by atoms with Gasteiger partial charge in [-0.15, -0.1) is 0 Å². The molecule has 5 nitrogen and oxygen atoms in total. The summed E-state index contributed by atoms with van der Waals surface area (Å²) in [5.41, 5.74) is 3.65. The maximum absolute atomic E-state index is 5.42. The van der Waals surface area contributed by atoms with Crippen LogP contribution in [0.25, 0.3) is 0 Å². The van der Waals surface area contributed by atoms with Gasteiger partial charge in [-0.3, -0.25) is 0 Å². The van der Waals surface area contributed by atoms with Crippen LogP contribution in [0.15, 0.2) is 59.1 Å². The Morgan fingerprint density at radius 2 is 1.71 bits per heavy atom. The van der Waals surface area contributed by atoms with Gasteiger partial charge in [0.2, 0.25) is 5.89 Å². The van der Waals surface area contributed by atoms with Crippen molar-refractivity contribution in [1.82, 2.24) is 10.1 Å². The van der Waals surface area contributed by atoms with Crippen LogP contribution in [0.5, 0.6) is 0 Å². The molecule has 24 heavy (non-hydrogen) atoms. The van der Waals surface area contributed by atoms with Gasteiger partial charge in [0.1, 0.15) is 0 Å². The Bertz CT molecular complexity index is 815. The van der Waals surface area contributed by atoms with Gasteiger partial charge in [-0.05, 0) is 17.7 Å². The molecule has 5 heteroatoms. The van der Waals surface area contributed by atoms with Crippen molar-refractivity contribution in [1.29, 1.82) is 0 Å². The first kappa shape index (κ1) is 14.8. The van der Waals surface area contributed by atoms with E-state index < -0.39 is 0 Å². The zero-order valence-corrected chi connectivity index (χ0v) is 13.7. The second-order valence-electron chi connectivity index (χ2n) is 6.10. The normalized spacial score (nSPS) is 13.9. The van der Waals surface area contributed by atoms with Crippen LogP contribution in [-0.4, -0.2) is 30.3 Å².